The highest BCUT2D eigenvalue weighted by molar-refractivity contribution is 7.92. The highest BCUT2D eigenvalue weighted by atomic mass is 32.2. The molecule has 2 unspecified atom stereocenters. The summed E-state index contributed by atoms with van der Waals surface area (Å²) in [7, 11) is -4.10. The molecule has 1 aromatic carbocycles. The van der Waals surface area contributed by atoms with E-state index in [1.807, 2.05) is 0 Å². The molecular formula is C27H32F2N2O7S. The van der Waals surface area contributed by atoms with Crippen LogP contribution in [0.2, 0.25) is 0 Å². The number of piperidine rings is 1. The highest BCUT2D eigenvalue weighted by Gasteiger charge is 2.76. The second-order valence-electron chi connectivity index (χ2n) is 11.1. The van der Waals surface area contributed by atoms with E-state index in [2.05, 4.69) is 4.98 Å². The smallest absolute Gasteiger partial charge is 0.410 e. The first-order valence-corrected chi connectivity index (χ1v) is 14.0. The summed E-state index contributed by atoms with van der Waals surface area (Å²) >= 11 is 0. The predicted octanol–water partition coefficient (Wildman–Crippen LogP) is 4.52. The SMILES string of the molecule is COC(=O)c1ccc([C@@H]2CC3(CCN2C(=O)OC(C)(C)C)CCC3(O)C(F)(F)S(=O)(=O)c2ccccn2)cc1. The van der Waals surface area contributed by atoms with E-state index in [0.29, 0.717) is 5.56 Å². The van der Waals surface area contributed by atoms with Crippen molar-refractivity contribution in [1.82, 2.24) is 9.88 Å². The molecule has 0 bridgehead atoms. The van der Waals surface area contributed by atoms with Crippen LogP contribution in [0.1, 0.15) is 68.4 Å². The Hall–Kier alpha value is -3.12. The number of amides is 1. The van der Waals surface area contributed by atoms with Crippen molar-refractivity contribution >= 4 is 21.9 Å². The van der Waals surface area contributed by atoms with E-state index in [9.17, 15) is 23.1 Å². The van der Waals surface area contributed by atoms with E-state index in [-0.39, 0.29) is 31.4 Å². The van der Waals surface area contributed by atoms with Crippen molar-refractivity contribution in [2.45, 2.75) is 74.0 Å². The summed E-state index contributed by atoms with van der Waals surface area (Å²) in [6.45, 7) is 5.04. The number of carbonyl (C=O) groups excluding carboxylic acids is 2. The van der Waals surface area contributed by atoms with Gasteiger partial charge in [-0.05, 0) is 76.3 Å². The van der Waals surface area contributed by atoms with Gasteiger partial charge in [-0.2, -0.15) is 8.78 Å². The summed E-state index contributed by atoms with van der Waals surface area (Å²) in [6, 6.07) is 8.95. The second kappa shape index (κ2) is 9.81. The van der Waals surface area contributed by atoms with Crippen LogP contribution in [0.15, 0.2) is 53.7 Å². The van der Waals surface area contributed by atoms with Gasteiger partial charge in [-0.3, -0.25) is 0 Å². The Labute approximate surface area is 226 Å². The number of carbonyl (C=O) groups is 2. The monoisotopic (exact) mass is 566 g/mol. The van der Waals surface area contributed by atoms with Crippen molar-refractivity contribution in [3.63, 3.8) is 0 Å². The lowest BCUT2D eigenvalue weighted by Crippen LogP contribution is -2.71. The molecule has 9 nitrogen and oxygen atoms in total. The zero-order chi connectivity index (χ0) is 28.9. The van der Waals surface area contributed by atoms with Gasteiger partial charge in [-0.1, -0.05) is 18.2 Å². The maximum Gasteiger partial charge on any atom is 0.410 e. The Morgan fingerprint density at radius 3 is 2.26 bits per heavy atom. The molecule has 2 aromatic rings. The third kappa shape index (κ3) is 4.77. The van der Waals surface area contributed by atoms with Crippen LogP contribution in [0.5, 0.6) is 0 Å². The number of aromatic nitrogens is 1. The molecule has 212 valence electrons. The molecule has 2 aliphatic rings. The average molecular weight is 567 g/mol. The number of nitrogens with zero attached hydrogens (tertiary/aromatic N) is 2. The molecular weight excluding hydrogens is 534 g/mol. The van der Waals surface area contributed by atoms with Crippen molar-refractivity contribution in [3.8, 4) is 0 Å². The Kier molecular flexibility index (Phi) is 7.26. The topological polar surface area (TPSA) is 123 Å². The van der Waals surface area contributed by atoms with E-state index in [4.69, 9.17) is 9.47 Å². The molecule has 2 fully saturated rings. The van der Waals surface area contributed by atoms with Crippen LogP contribution >= 0.6 is 0 Å². The molecule has 12 heteroatoms. The van der Waals surface area contributed by atoms with Crippen LogP contribution in [0.25, 0.3) is 0 Å². The van der Waals surface area contributed by atoms with E-state index in [1.165, 1.54) is 36.3 Å². The molecule has 1 saturated heterocycles. The molecule has 1 aromatic heterocycles. The maximum absolute atomic E-state index is 15.9. The van der Waals surface area contributed by atoms with Crippen LogP contribution in [-0.2, 0) is 19.3 Å². The fourth-order valence-corrected chi connectivity index (χ4v) is 6.98. The number of pyridine rings is 1. The normalized spacial score (nSPS) is 25.6. The van der Waals surface area contributed by atoms with Crippen molar-refractivity contribution in [3.05, 3.63) is 59.8 Å². The van der Waals surface area contributed by atoms with Gasteiger partial charge in [0.15, 0.2) is 5.03 Å². The third-order valence-corrected chi connectivity index (χ3v) is 9.52. The first-order chi connectivity index (χ1) is 18.1. The number of likely N-dealkylation sites (tertiary alicyclic amines) is 1. The molecule has 39 heavy (non-hydrogen) atoms. The van der Waals surface area contributed by atoms with Crippen LogP contribution < -0.4 is 0 Å². The molecule has 1 aliphatic carbocycles. The molecule has 3 atom stereocenters. The maximum atomic E-state index is 15.9. The number of ether oxygens (including phenoxy) is 2. The molecule has 0 radical (unpaired) electrons. The standard InChI is InChI=1S/C27H32F2N2O7S/c1-24(2,3)38-23(33)31-16-14-25(17-20(31)18-8-10-19(11-9-18)22(32)37-4)12-13-26(25,34)27(28,29)39(35,36)21-7-5-6-15-30-21/h5-11,15,20,34H,12-14,16-17H2,1-4H3/t20-,25?,26?/m0/s1. The van der Waals surface area contributed by atoms with Crippen molar-refractivity contribution < 1.29 is 41.4 Å². The number of hydrogen-bond donors (Lipinski definition) is 1. The molecule has 4 rings (SSSR count). The van der Waals surface area contributed by atoms with Gasteiger partial charge in [0.25, 0.3) is 9.84 Å². The number of sulfone groups is 1. The number of aliphatic hydroxyl groups is 1. The number of rotatable bonds is 5. The molecule has 2 heterocycles. The van der Waals surface area contributed by atoms with Crippen molar-refractivity contribution in [1.29, 1.82) is 0 Å². The molecule has 1 saturated carbocycles. The van der Waals surface area contributed by atoms with Crippen LogP contribution in [0.4, 0.5) is 13.6 Å². The lowest BCUT2D eigenvalue weighted by molar-refractivity contribution is -0.272. The molecule has 1 spiro atoms. The third-order valence-electron chi connectivity index (χ3n) is 7.71. The number of hydrogen-bond acceptors (Lipinski definition) is 8. The molecule has 1 N–H and O–H groups in total. The first kappa shape index (κ1) is 28.9. The van der Waals surface area contributed by atoms with Gasteiger partial charge in [0, 0.05) is 18.2 Å². The van der Waals surface area contributed by atoms with Crippen LogP contribution in [-0.4, -0.2) is 65.6 Å². The van der Waals surface area contributed by atoms with Crippen molar-refractivity contribution in [2.24, 2.45) is 5.41 Å². The van der Waals surface area contributed by atoms with E-state index in [1.54, 1.807) is 32.9 Å². The lowest BCUT2D eigenvalue weighted by atomic mass is 9.51. The van der Waals surface area contributed by atoms with Gasteiger partial charge in [0.1, 0.15) is 11.2 Å². The summed E-state index contributed by atoms with van der Waals surface area (Å²) < 4.78 is 68.1. The largest absolute Gasteiger partial charge is 0.465 e. The van der Waals surface area contributed by atoms with Gasteiger partial charge in [0.2, 0.25) is 0 Å². The van der Waals surface area contributed by atoms with Gasteiger partial charge in [-0.25, -0.2) is 23.0 Å². The number of esters is 1. The first-order valence-electron chi connectivity index (χ1n) is 12.5. The Morgan fingerprint density at radius 1 is 1.08 bits per heavy atom. The minimum absolute atomic E-state index is 0.0552. The van der Waals surface area contributed by atoms with Gasteiger partial charge in [0.05, 0.1) is 18.7 Å². The van der Waals surface area contributed by atoms with E-state index < -0.39 is 61.3 Å². The Balaban J connectivity index is 1.73. The van der Waals surface area contributed by atoms with Gasteiger partial charge >= 0.3 is 17.3 Å². The zero-order valence-electron chi connectivity index (χ0n) is 22.2. The minimum Gasteiger partial charge on any atom is -0.465 e. The zero-order valence-corrected chi connectivity index (χ0v) is 23.0. The van der Waals surface area contributed by atoms with E-state index in [0.717, 1.165) is 12.3 Å². The fourth-order valence-electron chi connectivity index (χ4n) is 5.50. The Morgan fingerprint density at radius 2 is 1.74 bits per heavy atom. The summed E-state index contributed by atoms with van der Waals surface area (Å²) in [4.78, 5) is 30.1. The van der Waals surface area contributed by atoms with Gasteiger partial charge in [-0.15, -0.1) is 0 Å². The number of benzene rings is 1. The van der Waals surface area contributed by atoms with Crippen LogP contribution in [0, 0.1) is 5.41 Å². The minimum atomic E-state index is -5.34. The summed E-state index contributed by atoms with van der Waals surface area (Å²) in [5.41, 5.74) is -4.46. The summed E-state index contributed by atoms with van der Waals surface area (Å²) in [6.07, 6.45) is -0.0883. The highest BCUT2D eigenvalue weighted by Crippen LogP contribution is 2.66. The fraction of sp³-hybridized carbons (Fsp3) is 0.519. The van der Waals surface area contributed by atoms with Crippen molar-refractivity contribution in [2.75, 3.05) is 13.7 Å². The average Bonchev–Trinajstić information content (AvgIpc) is 2.90. The van der Waals surface area contributed by atoms with Crippen LogP contribution in [0.3, 0.4) is 0 Å². The predicted molar refractivity (Wildman–Crippen MR) is 136 cm³/mol. The van der Waals surface area contributed by atoms with Gasteiger partial charge < -0.3 is 19.5 Å². The number of methoxy groups -OCH3 is 1. The van der Waals surface area contributed by atoms with E-state index >= 15 is 8.78 Å². The summed E-state index contributed by atoms with van der Waals surface area (Å²) in [5, 5.41) is 6.11. The quantitative estimate of drug-likeness (QED) is 0.524. The molecule has 1 amide bonds. The number of halogens is 2. The second-order valence-corrected chi connectivity index (χ2v) is 13.0. The lowest BCUT2D eigenvalue weighted by Gasteiger charge is -2.62. The summed E-state index contributed by atoms with van der Waals surface area (Å²) in [5.74, 6) is -0.571. The molecule has 1 aliphatic heterocycles. The number of alkyl halides is 2. The Bertz CT molecular complexity index is 1350.